The van der Waals surface area contributed by atoms with Crippen molar-refractivity contribution in [2.45, 2.75) is 56.9 Å². The lowest BCUT2D eigenvalue weighted by atomic mass is 9.71. The monoisotopic (exact) mass is 608 g/mol. The topological polar surface area (TPSA) is 136 Å². The second-order valence-electron chi connectivity index (χ2n) is 12.5. The van der Waals surface area contributed by atoms with Crippen LogP contribution in [0.25, 0.3) is 0 Å². The summed E-state index contributed by atoms with van der Waals surface area (Å²) in [7, 11) is 3.49. The first kappa shape index (κ1) is 27.7. The molecule has 11 nitrogen and oxygen atoms in total. The maximum atomic E-state index is 13.7. The zero-order valence-corrected chi connectivity index (χ0v) is 25.3. The second kappa shape index (κ2) is 9.60. The molecule has 2 amide bonds. The SMILES string of the molecule is COc1c(C)cc2c(c1O)C1C3Cc4c(O)c(C)c5c(c4[C@H](CN4C(=O)c6ccccc6C4=O)N3C(C#N)C(C2)N1C)OCO5. The molecule has 4 unspecified atom stereocenters. The quantitative estimate of drug-likeness (QED) is 0.425. The van der Waals surface area contributed by atoms with Gasteiger partial charge in [0.05, 0.1) is 36.4 Å². The third-order valence-electron chi connectivity index (χ3n) is 10.5. The number of phenolic OH excluding ortho intramolecular Hbond substituents is 2. The van der Waals surface area contributed by atoms with Crippen molar-refractivity contribution in [1.82, 2.24) is 14.7 Å². The molecule has 5 aliphatic heterocycles. The Kier molecular flexibility index (Phi) is 5.92. The van der Waals surface area contributed by atoms with Crippen LogP contribution >= 0.6 is 0 Å². The lowest BCUT2D eigenvalue weighted by molar-refractivity contribution is -0.0758. The lowest BCUT2D eigenvalue weighted by Gasteiger charge is -2.60. The number of phenols is 2. The van der Waals surface area contributed by atoms with Crippen molar-refractivity contribution in [3.8, 4) is 34.8 Å². The number of benzene rings is 3. The highest BCUT2D eigenvalue weighted by Gasteiger charge is 2.57. The number of carbonyl (C=O) groups excluding carboxylic acids is 2. The summed E-state index contributed by atoms with van der Waals surface area (Å²) in [4.78, 5) is 32.8. The highest BCUT2D eigenvalue weighted by molar-refractivity contribution is 6.21. The maximum absolute atomic E-state index is 13.7. The van der Waals surface area contributed by atoms with Crippen molar-refractivity contribution >= 4 is 11.8 Å². The summed E-state index contributed by atoms with van der Waals surface area (Å²) >= 11 is 0. The van der Waals surface area contributed by atoms with Gasteiger partial charge < -0.3 is 24.4 Å². The number of piperazine rings is 1. The van der Waals surface area contributed by atoms with E-state index in [0.29, 0.717) is 57.9 Å². The molecule has 0 aromatic heterocycles. The van der Waals surface area contributed by atoms with Gasteiger partial charge in [-0.05, 0) is 57.0 Å². The van der Waals surface area contributed by atoms with Gasteiger partial charge in [-0.15, -0.1) is 0 Å². The molecule has 3 aromatic carbocycles. The van der Waals surface area contributed by atoms with Gasteiger partial charge in [-0.25, -0.2) is 0 Å². The number of aromatic hydroxyl groups is 2. The predicted octanol–water partition coefficient (Wildman–Crippen LogP) is 3.52. The van der Waals surface area contributed by atoms with Crippen LogP contribution in [0.5, 0.6) is 28.7 Å². The number of nitriles is 1. The van der Waals surface area contributed by atoms with Gasteiger partial charge in [0, 0.05) is 40.9 Å². The van der Waals surface area contributed by atoms with E-state index in [4.69, 9.17) is 14.2 Å². The number of aryl methyl sites for hydroxylation is 1. The van der Waals surface area contributed by atoms with Gasteiger partial charge in [0.15, 0.2) is 23.0 Å². The van der Waals surface area contributed by atoms with E-state index in [2.05, 4.69) is 15.9 Å². The van der Waals surface area contributed by atoms with Crippen molar-refractivity contribution in [1.29, 1.82) is 5.26 Å². The van der Waals surface area contributed by atoms with Gasteiger partial charge in [0.25, 0.3) is 11.8 Å². The zero-order valence-electron chi connectivity index (χ0n) is 25.3. The molecule has 0 radical (unpaired) electrons. The van der Waals surface area contributed by atoms with Crippen molar-refractivity contribution in [2.24, 2.45) is 0 Å². The van der Waals surface area contributed by atoms with Crippen LogP contribution < -0.4 is 14.2 Å². The minimum absolute atomic E-state index is 0.0364. The summed E-state index contributed by atoms with van der Waals surface area (Å²) in [5.41, 5.74) is 4.92. The Bertz CT molecular complexity index is 1850. The first-order valence-electron chi connectivity index (χ1n) is 15.0. The van der Waals surface area contributed by atoms with E-state index in [0.717, 1.165) is 16.7 Å². The molecule has 0 saturated carbocycles. The van der Waals surface area contributed by atoms with Crippen LogP contribution in [0.1, 0.15) is 66.2 Å². The Morgan fingerprint density at radius 3 is 2.36 bits per heavy atom. The number of fused-ring (bicyclic) bond motifs is 10. The summed E-state index contributed by atoms with van der Waals surface area (Å²) in [5.74, 6) is 0.583. The van der Waals surface area contributed by atoms with E-state index in [-0.39, 0.29) is 36.9 Å². The smallest absolute Gasteiger partial charge is 0.261 e. The molecule has 230 valence electrons. The van der Waals surface area contributed by atoms with Gasteiger partial charge in [-0.3, -0.25) is 24.3 Å². The van der Waals surface area contributed by atoms with Crippen molar-refractivity contribution < 1.29 is 34.0 Å². The molecule has 11 heteroatoms. The molecule has 5 atom stereocenters. The number of rotatable bonds is 3. The number of nitrogens with zero attached hydrogens (tertiary/aromatic N) is 4. The molecule has 0 aliphatic carbocycles. The first-order valence-corrected chi connectivity index (χ1v) is 15.0. The van der Waals surface area contributed by atoms with Crippen LogP contribution in [-0.2, 0) is 12.8 Å². The number of hydrogen-bond donors (Lipinski definition) is 2. The Morgan fingerprint density at radius 2 is 1.69 bits per heavy atom. The predicted molar refractivity (Wildman–Crippen MR) is 160 cm³/mol. The lowest BCUT2D eigenvalue weighted by Crippen LogP contribution is -2.68. The number of imide groups is 1. The molecule has 45 heavy (non-hydrogen) atoms. The van der Waals surface area contributed by atoms with Crippen LogP contribution in [0, 0.1) is 25.2 Å². The molecule has 5 heterocycles. The number of ether oxygens (including phenoxy) is 3. The minimum atomic E-state index is -0.706. The van der Waals surface area contributed by atoms with E-state index in [1.165, 1.54) is 12.0 Å². The van der Waals surface area contributed by atoms with Gasteiger partial charge in [0.1, 0.15) is 11.8 Å². The minimum Gasteiger partial charge on any atom is -0.507 e. The molecule has 3 aromatic rings. The van der Waals surface area contributed by atoms with E-state index < -0.39 is 29.9 Å². The fourth-order valence-electron chi connectivity index (χ4n) is 8.60. The van der Waals surface area contributed by atoms with Gasteiger partial charge in [-0.1, -0.05) is 18.2 Å². The highest BCUT2D eigenvalue weighted by atomic mass is 16.7. The third kappa shape index (κ3) is 3.52. The molecule has 0 spiro atoms. The molecule has 1 saturated heterocycles. The number of hydrogen-bond acceptors (Lipinski definition) is 10. The summed E-state index contributed by atoms with van der Waals surface area (Å²) in [6.07, 6.45) is 0.831. The van der Waals surface area contributed by atoms with E-state index in [9.17, 15) is 25.1 Å². The summed E-state index contributed by atoms with van der Waals surface area (Å²) in [6, 6.07) is 8.91. The average molecular weight is 609 g/mol. The fourth-order valence-corrected chi connectivity index (χ4v) is 8.60. The Hall–Kier alpha value is -4.79. The van der Waals surface area contributed by atoms with Gasteiger partial charge in [0.2, 0.25) is 6.79 Å². The Balaban J connectivity index is 1.35. The third-order valence-corrected chi connectivity index (χ3v) is 10.5. The van der Waals surface area contributed by atoms with Gasteiger partial charge in [-0.2, -0.15) is 5.26 Å². The molecule has 2 N–H and O–H groups in total. The van der Waals surface area contributed by atoms with Crippen LogP contribution in [0.2, 0.25) is 0 Å². The number of methoxy groups -OCH3 is 1. The Morgan fingerprint density at radius 1 is 1.00 bits per heavy atom. The number of amides is 2. The van der Waals surface area contributed by atoms with E-state index in [1.54, 1.807) is 31.2 Å². The maximum Gasteiger partial charge on any atom is 0.261 e. The first-order chi connectivity index (χ1) is 21.7. The zero-order chi connectivity index (χ0) is 31.5. The molecular formula is C34H32N4O7. The standard InChI is InChI=1S/C34H32N4O7/c1-15-9-17-10-21-23(12-35)38-22(27(36(21)3)25(17)29(40)30(15)43-4)11-20-26(32-31(44-14-45-32)16(2)28(20)39)24(38)13-37-33(41)18-7-5-6-8-19(18)34(37)42/h5-9,21-24,27,39-40H,10-11,13-14H2,1-4H3/t21?,22?,23?,24-,27?/m0/s1. The molecule has 5 aliphatic rings. The van der Waals surface area contributed by atoms with Crippen molar-refractivity contribution in [3.63, 3.8) is 0 Å². The normalized spacial score (nSPS) is 26.2. The van der Waals surface area contributed by atoms with Crippen LogP contribution in [-0.4, -0.2) is 82.3 Å². The average Bonchev–Trinajstić information content (AvgIpc) is 3.60. The largest absolute Gasteiger partial charge is 0.507 e. The molecule has 8 rings (SSSR count). The van der Waals surface area contributed by atoms with Gasteiger partial charge >= 0.3 is 0 Å². The van der Waals surface area contributed by atoms with E-state index >= 15 is 0 Å². The van der Waals surface area contributed by atoms with Crippen LogP contribution in [0.15, 0.2) is 30.3 Å². The summed E-state index contributed by atoms with van der Waals surface area (Å²) < 4.78 is 17.4. The molecule has 2 bridgehead atoms. The highest BCUT2D eigenvalue weighted by Crippen LogP contribution is 2.58. The second-order valence-corrected chi connectivity index (χ2v) is 12.5. The summed E-state index contributed by atoms with van der Waals surface area (Å²) in [5, 5.41) is 34.1. The van der Waals surface area contributed by atoms with Crippen LogP contribution in [0.4, 0.5) is 0 Å². The fraction of sp³-hybridized carbons (Fsp3) is 0.382. The number of likely N-dealkylation sites (N-methyl/N-ethyl adjacent to an activating group) is 1. The van der Waals surface area contributed by atoms with Crippen LogP contribution in [0.3, 0.4) is 0 Å². The van der Waals surface area contributed by atoms with Crippen molar-refractivity contribution in [2.75, 3.05) is 27.5 Å². The molecule has 1 fully saturated rings. The summed E-state index contributed by atoms with van der Waals surface area (Å²) in [6.45, 7) is 3.56. The Labute approximate surface area is 259 Å². The molecular weight excluding hydrogens is 576 g/mol. The number of carbonyl (C=O) groups is 2. The van der Waals surface area contributed by atoms with Crippen molar-refractivity contribution in [3.05, 3.63) is 74.8 Å². The van der Waals surface area contributed by atoms with E-state index in [1.807, 2.05) is 20.0 Å².